The summed E-state index contributed by atoms with van der Waals surface area (Å²) in [6, 6.07) is 8.64. The fourth-order valence-corrected chi connectivity index (χ4v) is 2.60. The molecule has 1 nitrogen and oxygen atoms in total. The van der Waals surface area contributed by atoms with Gasteiger partial charge >= 0.3 is 6.18 Å². The molecule has 1 aromatic carbocycles. The van der Waals surface area contributed by atoms with Crippen LogP contribution in [0, 0.1) is 6.92 Å². The number of benzene rings is 1. The molecule has 164 valence electrons. The predicted molar refractivity (Wildman–Crippen MR) is 122 cm³/mol. The number of halogens is 3. The summed E-state index contributed by atoms with van der Waals surface area (Å²) in [6.45, 7) is 14.6. The molecule has 1 aromatic rings. The Bertz CT molecular complexity index is 658. The van der Waals surface area contributed by atoms with Gasteiger partial charge in [0, 0.05) is 0 Å². The van der Waals surface area contributed by atoms with Gasteiger partial charge in [-0.25, -0.2) is 0 Å². The van der Waals surface area contributed by atoms with Crippen molar-refractivity contribution < 1.29 is 18.0 Å². The Labute approximate surface area is 179 Å². The van der Waals surface area contributed by atoms with Crippen LogP contribution in [0.2, 0.25) is 0 Å². The first-order valence-electron chi connectivity index (χ1n) is 9.86. The van der Waals surface area contributed by atoms with Gasteiger partial charge in [0.2, 0.25) is 0 Å². The topological polar surface area (TPSA) is 17.1 Å². The minimum atomic E-state index is -4.39. The summed E-state index contributed by atoms with van der Waals surface area (Å²) >= 11 is 1.21. The minimum Gasteiger partial charge on any atom is -0.299 e. The van der Waals surface area contributed by atoms with Crippen LogP contribution in [0.4, 0.5) is 13.2 Å². The van der Waals surface area contributed by atoms with Gasteiger partial charge in [0.25, 0.3) is 0 Å². The molecule has 0 amide bonds. The van der Waals surface area contributed by atoms with Gasteiger partial charge in [0.1, 0.15) is 5.78 Å². The highest BCUT2D eigenvalue weighted by Gasteiger charge is 2.30. The third-order valence-electron chi connectivity index (χ3n) is 3.61. The smallest absolute Gasteiger partial charge is 0.299 e. The molecule has 0 saturated heterocycles. The Balaban J connectivity index is 0. The van der Waals surface area contributed by atoms with Crippen molar-refractivity contribution in [1.29, 1.82) is 0 Å². The number of carbonyl (C=O) groups excluding carboxylic acids is 1. The molecule has 0 N–H and O–H groups in total. The molecule has 1 rings (SSSR count). The van der Waals surface area contributed by atoms with Crippen LogP contribution < -0.4 is 0 Å². The second-order valence-corrected chi connectivity index (χ2v) is 7.34. The van der Waals surface area contributed by atoms with Crippen LogP contribution >= 0.6 is 11.8 Å². The van der Waals surface area contributed by atoms with Gasteiger partial charge in [-0.3, -0.25) is 4.79 Å². The molecule has 0 aliphatic carbocycles. The van der Waals surface area contributed by atoms with E-state index in [0.29, 0.717) is 4.91 Å². The summed E-state index contributed by atoms with van der Waals surface area (Å²) in [5.74, 6) is 0.257. The molecule has 0 radical (unpaired) electrons. The molecular weight excluding hydrogens is 393 g/mol. The third kappa shape index (κ3) is 15.8. The Morgan fingerprint density at radius 3 is 2.17 bits per heavy atom. The van der Waals surface area contributed by atoms with Crippen LogP contribution in [-0.4, -0.2) is 17.7 Å². The SMILES string of the molecule is C=C/C(=C\C=C(/C)SCC(C)=O)C(F)(F)F.CC.CCCCc1ccccc1C. The van der Waals surface area contributed by atoms with E-state index >= 15 is 0 Å². The molecular formula is C24H35F3OS. The van der Waals surface area contributed by atoms with Gasteiger partial charge in [-0.2, -0.15) is 13.2 Å². The van der Waals surface area contributed by atoms with Crippen LogP contribution in [0.25, 0.3) is 0 Å². The highest BCUT2D eigenvalue weighted by Crippen LogP contribution is 2.27. The van der Waals surface area contributed by atoms with Crippen LogP contribution in [0.1, 0.15) is 58.6 Å². The lowest BCUT2D eigenvalue weighted by molar-refractivity contribution is -0.114. The van der Waals surface area contributed by atoms with Crippen LogP contribution in [0.3, 0.4) is 0 Å². The average Bonchev–Trinajstić information content (AvgIpc) is 2.67. The maximum absolute atomic E-state index is 12.3. The quantitative estimate of drug-likeness (QED) is 0.388. The van der Waals surface area contributed by atoms with Crippen LogP contribution in [0.5, 0.6) is 0 Å². The summed E-state index contributed by atoms with van der Waals surface area (Å²) in [5.41, 5.74) is 2.14. The molecule has 29 heavy (non-hydrogen) atoms. The molecule has 0 aliphatic rings. The molecule has 0 spiro atoms. The summed E-state index contributed by atoms with van der Waals surface area (Å²) in [7, 11) is 0. The number of aryl methyl sites for hydroxylation is 2. The van der Waals surface area contributed by atoms with Crippen LogP contribution in [-0.2, 0) is 11.2 Å². The number of alkyl halides is 3. The number of hydrogen-bond acceptors (Lipinski definition) is 2. The third-order valence-corrected chi connectivity index (χ3v) is 4.75. The zero-order valence-corrected chi connectivity index (χ0v) is 19.3. The summed E-state index contributed by atoms with van der Waals surface area (Å²) in [5, 5.41) is 0. The maximum atomic E-state index is 12.3. The van der Waals surface area contributed by atoms with Gasteiger partial charge in [-0.1, -0.05) is 70.2 Å². The van der Waals surface area contributed by atoms with Crippen molar-refractivity contribution in [2.24, 2.45) is 0 Å². The first-order valence-corrected chi connectivity index (χ1v) is 10.8. The lowest BCUT2D eigenvalue weighted by atomic mass is 10.0. The lowest BCUT2D eigenvalue weighted by Crippen LogP contribution is -2.09. The van der Waals surface area contributed by atoms with Crippen molar-refractivity contribution >= 4 is 17.5 Å². The Kier molecular flexibility index (Phi) is 17.4. The average molecular weight is 429 g/mol. The zero-order valence-electron chi connectivity index (χ0n) is 18.5. The monoisotopic (exact) mass is 428 g/mol. The first-order chi connectivity index (χ1) is 13.6. The number of allylic oxidation sites excluding steroid dienone is 5. The number of thioether (sulfide) groups is 1. The number of Topliss-reactive ketones (excluding diaryl/α,β-unsaturated/α-hetero) is 1. The van der Waals surface area contributed by atoms with E-state index in [-0.39, 0.29) is 11.5 Å². The number of carbonyl (C=O) groups is 1. The van der Waals surface area contributed by atoms with Crippen molar-refractivity contribution in [2.75, 3.05) is 5.75 Å². The molecule has 0 unspecified atom stereocenters. The molecule has 0 aromatic heterocycles. The molecule has 0 bridgehead atoms. The molecule has 0 saturated carbocycles. The Hall–Kier alpha value is -1.75. The second kappa shape index (κ2) is 17.1. The number of ketones is 1. The fourth-order valence-electron chi connectivity index (χ4n) is 2.01. The highest BCUT2D eigenvalue weighted by molar-refractivity contribution is 8.03. The van der Waals surface area contributed by atoms with Gasteiger partial charge in [0.15, 0.2) is 0 Å². The summed E-state index contributed by atoms with van der Waals surface area (Å²) < 4.78 is 36.8. The van der Waals surface area contributed by atoms with E-state index in [0.717, 1.165) is 12.2 Å². The highest BCUT2D eigenvalue weighted by atomic mass is 32.2. The van der Waals surface area contributed by atoms with Gasteiger partial charge in [0.05, 0.1) is 11.3 Å². The number of rotatable bonds is 8. The molecule has 5 heteroatoms. The molecule has 0 aliphatic heterocycles. The van der Waals surface area contributed by atoms with E-state index in [9.17, 15) is 18.0 Å². The van der Waals surface area contributed by atoms with Crippen molar-refractivity contribution in [3.8, 4) is 0 Å². The van der Waals surface area contributed by atoms with Gasteiger partial charge < -0.3 is 0 Å². The number of unbranched alkanes of at least 4 members (excludes halogenated alkanes) is 1. The van der Waals surface area contributed by atoms with Crippen molar-refractivity contribution in [2.45, 2.75) is 67.0 Å². The molecule has 0 fully saturated rings. The van der Waals surface area contributed by atoms with E-state index in [1.54, 1.807) is 6.92 Å². The summed E-state index contributed by atoms with van der Waals surface area (Å²) in [4.78, 5) is 11.3. The fraction of sp³-hybridized carbons (Fsp3) is 0.458. The Morgan fingerprint density at radius 1 is 1.14 bits per heavy atom. The van der Waals surface area contributed by atoms with Gasteiger partial charge in [-0.15, -0.1) is 11.8 Å². The van der Waals surface area contributed by atoms with Crippen molar-refractivity contribution in [3.63, 3.8) is 0 Å². The van der Waals surface area contributed by atoms with Crippen molar-refractivity contribution in [3.05, 3.63) is 70.7 Å². The van der Waals surface area contributed by atoms with E-state index < -0.39 is 11.7 Å². The summed E-state index contributed by atoms with van der Waals surface area (Å²) in [6.07, 6.45) is 2.50. The van der Waals surface area contributed by atoms with E-state index in [1.165, 1.54) is 55.2 Å². The van der Waals surface area contributed by atoms with E-state index in [1.807, 2.05) is 13.8 Å². The zero-order chi connectivity index (χ0) is 22.9. The minimum absolute atomic E-state index is 0.0125. The van der Waals surface area contributed by atoms with E-state index in [4.69, 9.17) is 0 Å². The normalized spacial score (nSPS) is 11.6. The molecule has 0 atom stereocenters. The largest absolute Gasteiger partial charge is 0.416 e. The molecule has 0 heterocycles. The first kappa shape index (κ1) is 29.5. The standard InChI is InChI=1S/C11H13F3OS.C11H16.C2H6/c1-4-10(11(12,13)14)6-5-9(3)16-7-8(2)15;1-3-4-8-11-9-6-5-7-10(11)2;1-2/h4-6H,1,7H2,2-3H3;5-7,9H,3-4,8H2,1-2H3;1-2H3/b9-5+,10-6+;;. The predicted octanol–water partition coefficient (Wildman–Crippen LogP) is 8.25. The van der Waals surface area contributed by atoms with Gasteiger partial charge in [-0.05, 0) is 55.7 Å². The number of hydrogen-bond donors (Lipinski definition) is 0. The maximum Gasteiger partial charge on any atom is 0.416 e. The van der Waals surface area contributed by atoms with Crippen LogP contribution in [0.15, 0.2) is 59.6 Å². The lowest BCUT2D eigenvalue weighted by Gasteiger charge is -2.05. The van der Waals surface area contributed by atoms with E-state index in [2.05, 4.69) is 44.7 Å². The second-order valence-electron chi connectivity index (χ2n) is 6.12. The van der Waals surface area contributed by atoms with Crippen molar-refractivity contribution in [1.82, 2.24) is 0 Å². The Morgan fingerprint density at radius 2 is 1.72 bits per heavy atom.